The zero-order chi connectivity index (χ0) is 22.5. The number of rotatable bonds is 6. The fraction of sp³-hybridized carbons (Fsp3) is 0.0870. The fourth-order valence-corrected chi connectivity index (χ4v) is 3.11. The molecule has 1 amide bonds. The fourth-order valence-electron chi connectivity index (χ4n) is 2.90. The molecule has 1 N–H and O–H groups in total. The van der Waals surface area contributed by atoms with E-state index in [0.717, 1.165) is 0 Å². The third kappa shape index (κ3) is 4.65. The van der Waals surface area contributed by atoms with Crippen molar-refractivity contribution in [1.29, 1.82) is 0 Å². The van der Waals surface area contributed by atoms with Crippen molar-refractivity contribution in [3.63, 3.8) is 0 Å². The van der Waals surface area contributed by atoms with Crippen LogP contribution in [0.25, 0.3) is 0 Å². The van der Waals surface area contributed by atoms with Crippen molar-refractivity contribution in [1.82, 2.24) is 5.43 Å². The number of benzene rings is 3. The van der Waals surface area contributed by atoms with Crippen LogP contribution >= 0.6 is 11.6 Å². The van der Waals surface area contributed by atoms with Crippen LogP contribution in [0.1, 0.15) is 26.3 Å². The summed E-state index contributed by atoms with van der Waals surface area (Å²) in [7, 11) is 1.45. The summed E-state index contributed by atoms with van der Waals surface area (Å²) in [5.41, 5.74) is 3.68. The van der Waals surface area contributed by atoms with Gasteiger partial charge in [-0.25, -0.2) is 10.2 Å². The van der Waals surface area contributed by atoms with Gasteiger partial charge in [-0.05, 0) is 54.1 Å². The van der Waals surface area contributed by atoms with E-state index >= 15 is 0 Å². The van der Waals surface area contributed by atoms with Crippen LogP contribution in [0.5, 0.6) is 23.0 Å². The van der Waals surface area contributed by atoms with Gasteiger partial charge in [0, 0.05) is 5.56 Å². The molecule has 3 aromatic rings. The number of amides is 1. The van der Waals surface area contributed by atoms with Crippen LogP contribution in [-0.2, 0) is 0 Å². The minimum atomic E-state index is -0.605. The summed E-state index contributed by atoms with van der Waals surface area (Å²) in [4.78, 5) is 24.7. The Labute approximate surface area is 188 Å². The molecule has 0 aromatic heterocycles. The van der Waals surface area contributed by atoms with Gasteiger partial charge in [-0.1, -0.05) is 23.7 Å². The lowest BCUT2D eigenvalue weighted by molar-refractivity contribution is 0.0729. The monoisotopic (exact) mass is 452 g/mol. The Morgan fingerprint density at radius 3 is 2.66 bits per heavy atom. The number of fused-ring (bicyclic) bond motifs is 1. The van der Waals surface area contributed by atoms with Crippen LogP contribution in [0, 0.1) is 0 Å². The summed E-state index contributed by atoms with van der Waals surface area (Å²) in [5, 5.41) is 4.25. The first-order valence-corrected chi connectivity index (χ1v) is 9.81. The maximum atomic E-state index is 12.4. The number of esters is 1. The number of carbonyl (C=O) groups is 2. The number of methoxy groups -OCH3 is 1. The molecule has 0 atom stereocenters. The summed E-state index contributed by atoms with van der Waals surface area (Å²) in [6, 6.07) is 16.3. The van der Waals surface area contributed by atoms with Gasteiger partial charge in [0.15, 0.2) is 23.0 Å². The lowest BCUT2D eigenvalue weighted by Crippen LogP contribution is -2.17. The van der Waals surface area contributed by atoms with Gasteiger partial charge in [0.2, 0.25) is 6.79 Å². The molecule has 1 aliphatic heterocycles. The van der Waals surface area contributed by atoms with E-state index in [1.54, 1.807) is 60.7 Å². The van der Waals surface area contributed by atoms with E-state index in [1.165, 1.54) is 13.3 Å². The molecule has 0 spiro atoms. The minimum absolute atomic E-state index is 0.129. The Kier molecular flexibility index (Phi) is 6.23. The van der Waals surface area contributed by atoms with E-state index in [9.17, 15) is 9.59 Å². The predicted octanol–water partition coefficient (Wildman–Crippen LogP) is 4.06. The van der Waals surface area contributed by atoms with E-state index < -0.39 is 11.9 Å². The van der Waals surface area contributed by atoms with Crippen LogP contribution in [0.4, 0.5) is 0 Å². The molecular formula is C23H17ClN2O6. The Balaban J connectivity index is 1.42. The molecule has 0 radical (unpaired) electrons. The predicted molar refractivity (Wildman–Crippen MR) is 117 cm³/mol. The van der Waals surface area contributed by atoms with E-state index in [2.05, 4.69) is 10.5 Å². The molecule has 0 saturated heterocycles. The second-order valence-corrected chi connectivity index (χ2v) is 6.95. The van der Waals surface area contributed by atoms with Gasteiger partial charge < -0.3 is 18.9 Å². The highest BCUT2D eigenvalue weighted by molar-refractivity contribution is 6.33. The van der Waals surface area contributed by atoms with E-state index in [-0.39, 0.29) is 18.1 Å². The molecule has 0 unspecified atom stereocenters. The van der Waals surface area contributed by atoms with Crippen LogP contribution < -0.4 is 24.4 Å². The van der Waals surface area contributed by atoms with Crippen molar-refractivity contribution in [2.75, 3.05) is 13.9 Å². The van der Waals surface area contributed by atoms with Crippen LogP contribution in [-0.4, -0.2) is 32.0 Å². The molecule has 0 aliphatic carbocycles. The lowest BCUT2D eigenvalue weighted by atomic mass is 10.2. The highest BCUT2D eigenvalue weighted by Gasteiger charge is 2.17. The zero-order valence-corrected chi connectivity index (χ0v) is 17.6. The SMILES string of the molecule is COc1cc(C=NNC(=O)c2ccc3c(c2)OCO3)ccc1OC(=O)c1ccccc1Cl. The van der Waals surface area contributed by atoms with Gasteiger partial charge in [0.25, 0.3) is 5.91 Å². The number of hydrazone groups is 1. The second kappa shape index (κ2) is 9.40. The first kappa shape index (κ1) is 21.2. The van der Waals surface area contributed by atoms with Gasteiger partial charge in [-0.15, -0.1) is 0 Å². The molecule has 9 heteroatoms. The normalized spacial score (nSPS) is 11.9. The molecule has 0 fully saturated rings. The highest BCUT2D eigenvalue weighted by atomic mass is 35.5. The van der Waals surface area contributed by atoms with Crippen molar-refractivity contribution in [3.8, 4) is 23.0 Å². The average molecular weight is 453 g/mol. The number of halogens is 1. The molecule has 3 aromatic carbocycles. The third-order valence-electron chi connectivity index (χ3n) is 4.50. The molecule has 0 saturated carbocycles. The van der Waals surface area contributed by atoms with Crippen molar-refractivity contribution in [3.05, 3.63) is 82.4 Å². The Hall–Kier alpha value is -4.04. The topological polar surface area (TPSA) is 95.5 Å². The molecular weight excluding hydrogens is 436 g/mol. The number of nitrogens with one attached hydrogen (secondary N) is 1. The maximum Gasteiger partial charge on any atom is 0.345 e. The Morgan fingerprint density at radius 1 is 1.03 bits per heavy atom. The van der Waals surface area contributed by atoms with Crippen LogP contribution in [0.3, 0.4) is 0 Å². The van der Waals surface area contributed by atoms with Crippen LogP contribution in [0.15, 0.2) is 65.8 Å². The molecule has 1 aliphatic rings. The van der Waals surface area contributed by atoms with Gasteiger partial charge in [-0.2, -0.15) is 5.10 Å². The smallest absolute Gasteiger partial charge is 0.345 e. The second-order valence-electron chi connectivity index (χ2n) is 6.55. The number of carbonyl (C=O) groups excluding carboxylic acids is 2. The summed E-state index contributed by atoms with van der Waals surface area (Å²) in [6.45, 7) is 0.129. The summed E-state index contributed by atoms with van der Waals surface area (Å²) in [5.74, 6) is 0.624. The lowest BCUT2D eigenvalue weighted by Gasteiger charge is -2.10. The van der Waals surface area contributed by atoms with E-state index in [4.69, 9.17) is 30.5 Å². The van der Waals surface area contributed by atoms with E-state index in [0.29, 0.717) is 33.4 Å². The van der Waals surface area contributed by atoms with Crippen molar-refractivity contribution in [2.24, 2.45) is 5.10 Å². The average Bonchev–Trinajstić information content (AvgIpc) is 3.28. The standard InChI is InChI=1S/C23H17ClN2O6/c1-29-20-10-14(6-8-19(20)32-23(28)16-4-2-3-5-17(16)24)12-25-26-22(27)15-7-9-18-21(11-15)31-13-30-18/h2-12H,13H2,1H3,(H,26,27). The van der Waals surface area contributed by atoms with Crippen molar-refractivity contribution >= 4 is 29.7 Å². The van der Waals surface area contributed by atoms with Gasteiger partial charge in [0.05, 0.1) is 23.9 Å². The van der Waals surface area contributed by atoms with Crippen molar-refractivity contribution in [2.45, 2.75) is 0 Å². The Morgan fingerprint density at radius 2 is 1.84 bits per heavy atom. The number of ether oxygens (including phenoxy) is 4. The van der Waals surface area contributed by atoms with Gasteiger partial charge >= 0.3 is 5.97 Å². The van der Waals surface area contributed by atoms with Crippen LogP contribution in [0.2, 0.25) is 5.02 Å². The third-order valence-corrected chi connectivity index (χ3v) is 4.83. The van der Waals surface area contributed by atoms with E-state index in [1.807, 2.05) is 0 Å². The number of hydrogen-bond donors (Lipinski definition) is 1. The number of hydrogen-bond acceptors (Lipinski definition) is 7. The molecule has 0 bridgehead atoms. The Bertz CT molecular complexity index is 1210. The maximum absolute atomic E-state index is 12.4. The molecule has 162 valence electrons. The number of nitrogens with zero attached hydrogens (tertiary/aromatic N) is 1. The first-order valence-electron chi connectivity index (χ1n) is 9.43. The molecule has 4 rings (SSSR count). The summed E-state index contributed by atoms with van der Waals surface area (Å²) in [6.07, 6.45) is 1.44. The molecule has 1 heterocycles. The summed E-state index contributed by atoms with van der Waals surface area (Å²) >= 11 is 6.04. The quantitative estimate of drug-likeness (QED) is 0.262. The first-order chi connectivity index (χ1) is 15.5. The van der Waals surface area contributed by atoms with Gasteiger partial charge in [0.1, 0.15) is 0 Å². The minimum Gasteiger partial charge on any atom is -0.493 e. The molecule has 8 nitrogen and oxygen atoms in total. The summed E-state index contributed by atoms with van der Waals surface area (Å²) < 4.78 is 21.2. The largest absolute Gasteiger partial charge is 0.493 e. The van der Waals surface area contributed by atoms with Crippen molar-refractivity contribution < 1.29 is 28.5 Å². The highest BCUT2D eigenvalue weighted by Crippen LogP contribution is 2.32. The zero-order valence-electron chi connectivity index (χ0n) is 16.8. The van der Waals surface area contributed by atoms with Gasteiger partial charge in [-0.3, -0.25) is 4.79 Å². The molecule has 32 heavy (non-hydrogen) atoms.